The van der Waals surface area contributed by atoms with E-state index in [1.165, 1.54) is 5.56 Å². The molecule has 0 amide bonds. The maximum atomic E-state index is 12.9. The fraction of sp³-hybridized carbons (Fsp3) is 0.167. The molecule has 2 heterocycles. The van der Waals surface area contributed by atoms with Gasteiger partial charge in [-0.05, 0) is 39.4 Å². The monoisotopic (exact) mass is 383 g/mol. The van der Waals surface area contributed by atoms with Gasteiger partial charge in [0.1, 0.15) is 5.82 Å². The first-order chi connectivity index (χ1) is 14.0. The van der Waals surface area contributed by atoms with Gasteiger partial charge in [-0.25, -0.2) is 4.79 Å². The molecule has 29 heavy (non-hydrogen) atoms. The Morgan fingerprint density at radius 2 is 1.59 bits per heavy atom. The fourth-order valence-corrected chi connectivity index (χ4v) is 4.27. The average molecular weight is 383 g/mol. The Bertz CT molecular complexity index is 1350. The molecule has 3 N–H and O–H groups in total. The van der Waals surface area contributed by atoms with E-state index in [1.54, 1.807) is 0 Å². The van der Waals surface area contributed by atoms with E-state index in [0.29, 0.717) is 17.3 Å². The molecule has 0 fully saturated rings. The topological polar surface area (TPSA) is 77.8 Å². The zero-order valence-electron chi connectivity index (χ0n) is 16.2. The number of aromatic nitrogens is 2. The molecule has 1 aromatic heterocycles. The molecule has 0 saturated heterocycles. The maximum Gasteiger partial charge on any atom is 0.327 e. The lowest BCUT2D eigenvalue weighted by Crippen LogP contribution is -2.31. The molecule has 0 saturated carbocycles. The third-order valence-electron chi connectivity index (χ3n) is 5.72. The summed E-state index contributed by atoms with van der Waals surface area (Å²) in [5.41, 5.74) is 3.86. The second-order valence-corrected chi connectivity index (χ2v) is 7.82. The van der Waals surface area contributed by atoms with E-state index < -0.39 is 5.69 Å². The Balaban J connectivity index is 1.84. The van der Waals surface area contributed by atoms with Crippen molar-refractivity contribution in [3.63, 3.8) is 0 Å². The number of anilines is 2. The van der Waals surface area contributed by atoms with Crippen LogP contribution in [0, 0.1) is 0 Å². The van der Waals surface area contributed by atoms with E-state index in [4.69, 9.17) is 0 Å². The van der Waals surface area contributed by atoms with E-state index in [0.717, 1.165) is 27.6 Å². The van der Waals surface area contributed by atoms with Crippen molar-refractivity contribution in [1.29, 1.82) is 0 Å². The molecule has 1 unspecified atom stereocenters. The van der Waals surface area contributed by atoms with Crippen molar-refractivity contribution in [2.75, 3.05) is 5.32 Å². The van der Waals surface area contributed by atoms with Crippen molar-refractivity contribution in [3.8, 4) is 0 Å². The number of hydrogen-bond acceptors (Lipinski definition) is 3. The minimum atomic E-state index is -0.514. The molecule has 5 heteroatoms. The highest BCUT2D eigenvalue weighted by Gasteiger charge is 2.32. The van der Waals surface area contributed by atoms with Crippen LogP contribution in [0.15, 0.2) is 70.3 Å². The number of hydrogen-bond donors (Lipinski definition) is 3. The Morgan fingerprint density at radius 3 is 2.34 bits per heavy atom. The molecule has 0 aliphatic carbocycles. The van der Waals surface area contributed by atoms with E-state index in [1.807, 2.05) is 18.2 Å². The van der Waals surface area contributed by atoms with Crippen molar-refractivity contribution < 1.29 is 0 Å². The summed E-state index contributed by atoms with van der Waals surface area (Å²) in [5, 5.41) is 5.47. The van der Waals surface area contributed by atoms with Crippen molar-refractivity contribution in [2.24, 2.45) is 0 Å². The number of benzene rings is 3. The summed E-state index contributed by atoms with van der Waals surface area (Å²) in [6.07, 6.45) is 0. The normalized spacial score (nSPS) is 15.1. The number of nitrogens with one attached hydrogen (secondary N) is 3. The molecule has 144 valence electrons. The van der Waals surface area contributed by atoms with Gasteiger partial charge in [-0.3, -0.25) is 14.8 Å². The second kappa shape index (κ2) is 6.48. The third kappa shape index (κ3) is 2.78. The molecule has 4 aromatic rings. The molecule has 5 nitrogen and oxygen atoms in total. The van der Waals surface area contributed by atoms with Crippen molar-refractivity contribution in [2.45, 2.75) is 25.7 Å². The Kier molecular flexibility index (Phi) is 3.91. The summed E-state index contributed by atoms with van der Waals surface area (Å²) in [5.74, 6) is 0.603. The Labute approximate surface area is 167 Å². The van der Waals surface area contributed by atoms with Crippen LogP contribution < -0.4 is 16.6 Å². The predicted molar refractivity (Wildman–Crippen MR) is 116 cm³/mol. The van der Waals surface area contributed by atoms with Crippen molar-refractivity contribution >= 4 is 22.3 Å². The number of rotatable bonds is 2. The van der Waals surface area contributed by atoms with Gasteiger partial charge in [0.2, 0.25) is 0 Å². The summed E-state index contributed by atoms with van der Waals surface area (Å²) >= 11 is 0. The summed E-state index contributed by atoms with van der Waals surface area (Å²) in [6.45, 7) is 4.32. The Morgan fingerprint density at radius 1 is 0.828 bits per heavy atom. The van der Waals surface area contributed by atoms with Crippen LogP contribution in [0.25, 0.3) is 10.8 Å². The molecule has 1 aliphatic rings. The molecule has 0 spiro atoms. The molecule has 3 aromatic carbocycles. The lowest BCUT2D eigenvalue weighted by molar-refractivity contribution is 0.858. The summed E-state index contributed by atoms with van der Waals surface area (Å²) in [7, 11) is 0. The molecular weight excluding hydrogens is 362 g/mol. The highest BCUT2D eigenvalue weighted by atomic mass is 16.2. The van der Waals surface area contributed by atoms with Crippen molar-refractivity contribution in [1.82, 2.24) is 9.97 Å². The smallest absolute Gasteiger partial charge is 0.327 e. The van der Waals surface area contributed by atoms with Gasteiger partial charge in [0.05, 0.1) is 5.56 Å². The summed E-state index contributed by atoms with van der Waals surface area (Å²) in [6, 6.07) is 20.6. The molecule has 5 rings (SSSR count). The van der Waals surface area contributed by atoms with Gasteiger partial charge in [-0.2, -0.15) is 0 Å². The first-order valence-corrected chi connectivity index (χ1v) is 9.78. The van der Waals surface area contributed by atoms with Gasteiger partial charge in [0.15, 0.2) is 0 Å². The van der Waals surface area contributed by atoms with Gasteiger partial charge in [0, 0.05) is 11.6 Å². The van der Waals surface area contributed by atoms with E-state index >= 15 is 0 Å². The zero-order valence-corrected chi connectivity index (χ0v) is 16.2. The minimum absolute atomic E-state index is 0.283. The van der Waals surface area contributed by atoms with Crippen LogP contribution in [0.2, 0.25) is 0 Å². The second-order valence-electron chi connectivity index (χ2n) is 7.82. The Hall–Kier alpha value is -3.60. The van der Waals surface area contributed by atoms with Gasteiger partial charge >= 0.3 is 5.69 Å². The fourth-order valence-electron chi connectivity index (χ4n) is 4.27. The minimum Gasteiger partial charge on any atom is -0.341 e. The van der Waals surface area contributed by atoms with E-state index in [9.17, 15) is 9.59 Å². The first kappa shape index (κ1) is 17.5. The van der Waals surface area contributed by atoms with Gasteiger partial charge in [-0.15, -0.1) is 0 Å². The molecule has 0 radical (unpaired) electrons. The number of aromatic amines is 2. The van der Waals surface area contributed by atoms with Crippen LogP contribution in [0.5, 0.6) is 0 Å². The van der Waals surface area contributed by atoms with Gasteiger partial charge < -0.3 is 5.32 Å². The van der Waals surface area contributed by atoms with Crippen LogP contribution in [0.3, 0.4) is 0 Å². The summed E-state index contributed by atoms with van der Waals surface area (Å²) in [4.78, 5) is 29.9. The first-order valence-electron chi connectivity index (χ1n) is 9.78. The van der Waals surface area contributed by atoms with Crippen LogP contribution in [-0.4, -0.2) is 9.97 Å². The molecule has 0 bridgehead atoms. The zero-order chi connectivity index (χ0) is 20.1. The van der Waals surface area contributed by atoms with E-state index in [-0.39, 0.29) is 11.5 Å². The molecule has 1 aliphatic heterocycles. The highest BCUT2D eigenvalue weighted by molar-refractivity contribution is 5.94. The van der Waals surface area contributed by atoms with Crippen molar-refractivity contribution in [3.05, 3.63) is 104 Å². The standard InChI is InChI=1S/C24H21N3O2/c1-13(2)14-7-9-16(10-8-14)19-20-17-6-4-3-5-15(17)11-12-18(20)25-22-21(19)23(28)27-24(29)26-22/h3-13,19H,1-2H3,(H3,25,26,27,28,29). The third-order valence-corrected chi connectivity index (χ3v) is 5.72. The average Bonchev–Trinajstić information content (AvgIpc) is 2.72. The summed E-state index contributed by atoms with van der Waals surface area (Å²) < 4.78 is 0. The van der Waals surface area contributed by atoms with Crippen LogP contribution in [0.4, 0.5) is 11.5 Å². The van der Waals surface area contributed by atoms with Crippen LogP contribution in [0.1, 0.15) is 47.9 Å². The number of H-pyrrole nitrogens is 2. The van der Waals surface area contributed by atoms with Gasteiger partial charge in [0.25, 0.3) is 5.56 Å². The lowest BCUT2D eigenvalue weighted by atomic mass is 9.80. The molecule has 1 atom stereocenters. The maximum absolute atomic E-state index is 12.9. The largest absolute Gasteiger partial charge is 0.341 e. The van der Waals surface area contributed by atoms with Crippen LogP contribution in [-0.2, 0) is 0 Å². The SMILES string of the molecule is CC(C)c1ccc(C2c3c([nH]c(=O)[nH]c3=O)Nc3ccc4ccccc4c32)cc1. The lowest BCUT2D eigenvalue weighted by Gasteiger charge is -2.30. The van der Waals surface area contributed by atoms with Crippen LogP contribution >= 0.6 is 0 Å². The van der Waals surface area contributed by atoms with E-state index in [2.05, 4.69) is 71.6 Å². The van der Waals surface area contributed by atoms with Gasteiger partial charge in [-0.1, -0.05) is 68.4 Å². The molecular formula is C24H21N3O2. The highest BCUT2D eigenvalue weighted by Crippen LogP contribution is 2.45. The predicted octanol–water partition coefficient (Wildman–Crippen LogP) is 4.58. The quantitative estimate of drug-likeness (QED) is 0.418. The number of fused-ring (bicyclic) bond motifs is 4.